The van der Waals surface area contributed by atoms with E-state index in [1.54, 1.807) is 47.3 Å². The van der Waals surface area contributed by atoms with Gasteiger partial charge in [0.05, 0.1) is 19.1 Å². The molecular formula is C44H48B4ClN15NaO6PS2Y4-4. The standard InChI is InChI=1S/C18H15P.C7H9BN2O3S.C6H6BN5.C6H8BN3.C6H7BN2O.CH3ClO2S.N3.Na.4Y/c1-4-10-16(11-5-1)19(17-12-6-2-7-13-17)18-14-8-3-9-15-18;1-8-7-9-3-6(4-10-7)5-13-14(2,11)12;1-7-6-9-2-5(3-10-6)4-11-12-8;1-7-6-9-3-5(2-8)4-10-6;1-7-6-8-2-5(4-10)3-9-6;1-5(2,3)4;1-3-2;;;;;/h1-15H;3H,5H2,1-2H3;2H,4H2,1H3;3H,2,8H2,1H3;2,10H,4H2,1H3;1H3;;;;;;/q;4*-1;;-1;+1;;;;. The van der Waals surface area contributed by atoms with Gasteiger partial charge in [0.1, 0.15) is 29.1 Å². The summed E-state index contributed by atoms with van der Waals surface area (Å²) < 4.78 is 44.6. The molecule has 7 rings (SSSR count). The number of nitrogens with zero attached hydrogens (tertiary/aromatic N) is 14. The fraction of sp³-hybridized carbons (Fsp3) is 0.227. The number of hydrogen-bond donors (Lipinski definition) is 2. The summed E-state index contributed by atoms with van der Waals surface area (Å²) in [5.41, 5.74) is 32.0. The van der Waals surface area contributed by atoms with Crippen LogP contribution in [-0.2, 0) is 180 Å². The topological polar surface area (TPSA) is 334 Å². The van der Waals surface area contributed by atoms with Crippen molar-refractivity contribution >= 4 is 106 Å². The van der Waals surface area contributed by atoms with Gasteiger partial charge in [-0.1, -0.05) is 179 Å². The average Bonchev–Trinajstić information content (AvgIpc) is 3.41. The molecule has 8 radical (unpaired) electrons. The summed E-state index contributed by atoms with van der Waals surface area (Å²) >= 11 is 0. The minimum Gasteiger partial charge on any atom is -0.394 e. The van der Waals surface area contributed by atoms with E-state index in [2.05, 4.69) is 181 Å². The van der Waals surface area contributed by atoms with Crippen LogP contribution in [0.5, 0.6) is 0 Å². The van der Waals surface area contributed by atoms with E-state index in [1.165, 1.54) is 27.0 Å². The van der Waals surface area contributed by atoms with Crippen LogP contribution >= 0.6 is 18.6 Å². The zero-order valence-electron chi connectivity index (χ0n) is 43.9. The molecule has 4 heterocycles. The Hall–Kier alpha value is -1.22. The number of azide groups is 1. The van der Waals surface area contributed by atoms with Crippen LogP contribution in [0, 0.1) is 24.8 Å². The van der Waals surface area contributed by atoms with Crippen molar-refractivity contribution in [3.05, 3.63) is 189 Å². The van der Waals surface area contributed by atoms with E-state index in [-0.39, 0.29) is 180 Å². The van der Waals surface area contributed by atoms with Gasteiger partial charge in [0.15, 0.2) is 0 Å². The van der Waals surface area contributed by atoms with E-state index < -0.39 is 27.1 Å². The molecule has 21 nitrogen and oxygen atoms in total. The van der Waals surface area contributed by atoms with Crippen molar-refractivity contribution in [1.29, 1.82) is 0 Å². The predicted molar refractivity (Wildman–Crippen MR) is 291 cm³/mol. The molecule has 388 valence electrons. The summed E-state index contributed by atoms with van der Waals surface area (Å²) in [7, 11) is 4.52. The van der Waals surface area contributed by atoms with Gasteiger partial charge in [0.2, 0.25) is 9.05 Å². The molecule has 4 aromatic heterocycles. The summed E-state index contributed by atoms with van der Waals surface area (Å²) in [5.74, 6) is 0. The van der Waals surface area contributed by atoms with Gasteiger partial charge in [0, 0.05) is 160 Å². The number of halogens is 1. The van der Waals surface area contributed by atoms with E-state index >= 15 is 0 Å². The van der Waals surface area contributed by atoms with Crippen LogP contribution in [0.2, 0.25) is 27.3 Å². The third-order valence-electron chi connectivity index (χ3n) is 7.87. The van der Waals surface area contributed by atoms with E-state index in [0.717, 1.165) is 18.1 Å². The predicted octanol–water partition coefficient (Wildman–Crippen LogP) is -0.655. The van der Waals surface area contributed by atoms with E-state index in [1.807, 2.05) is 27.7 Å². The molecular weight excluding hydrogens is 1390 g/mol. The van der Waals surface area contributed by atoms with Crippen LogP contribution in [0.4, 0.5) is 0 Å². The van der Waals surface area contributed by atoms with Crippen molar-refractivity contribution < 1.29 is 187 Å². The third-order valence-corrected chi connectivity index (χ3v) is 10.9. The van der Waals surface area contributed by atoms with Crippen LogP contribution in [0.25, 0.3) is 26.4 Å². The fourth-order valence-electron chi connectivity index (χ4n) is 4.66. The number of nitrogens with two attached hydrogens (primary N) is 1. The number of aromatic nitrogens is 8. The molecule has 78 heavy (non-hydrogen) atoms. The number of aliphatic hydroxyl groups excluding tert-OH is 1. The minimum atomic E-state index is -3.42. The maximum Gasteiger partial charge on any atom is 1.00 e. The minimum absolute atomic E-state index is 0. The molecule has 0 bridgehead atoms. The van der Waals surface area contributed by atoms with Gasteiger partial charge in [0.25, 0.3) is 10.1 Å². The molecule has 34 heteroatoms. The molecule has 0 aliphatic heterocycles. The molecule has 0 spiro atoms. The van der Waals surface area contributed by atoms with E-state index in [4.69, 9.17) is 27.4 Å². The first kappa shape index (κ1) is 85.6. The normalized spacial score (nSPS) is 9.21. The van der Waals surface area contributed by atoms with Crippen LogP contribution in [-0.4, -0.2) is 103 Å². The van der Waals surface area contributed by atoms with Crippen LogP contribution in [0.15, 0.2) is 121 Å². The van der Waals surface area contributed by atoms with Gasteiger partial charge in [-0.3, -0.25) is 9.09 Å². The molecule has 0 saturated heterocycles. The van der Waals surface area contributed by atoms with Gasteiger partial charge < -0.3 is 61.8 Å². The zero-order chi connectivity index (χ0) is 54.3. The van der Waals surface area contributed by atoms with Crippen molar-refractivity contribution in [2.45, 2.75) is 53.6 Å². The molecule has 0 aliphatic carbocycles. The first-order chi connectivity index (χ1) is 35.0. The monoisotopic (exact) mass is 1430 g/mol. The smallest absolute Gasteiger partial charge is 0.394 e. The van der Waals surface area contributed by atoms with Gasteiger partial charge in [-0.05, 0) is 58.8 Å². The Morgan fingerprint density at radius 2 is 0.897 bits per heavy atom. The molecule has 0 atom stereocenters. The largest absolute Gasteiger partial charge is 1.00 e. The van der Waals surface area contributed by atoms with E-state index in [0.29, 0.717) is 46.1 Å². The molecule has 0 saturated carbocycles. The first-order valence-corrected chi connectivity index (χ1v) is 27.0. The maximum absolute atomic E-state index is 10.6. The second-order valence-electron chi connectivity index (χ2n) is 13.4. The molecule has 0 aliphatic rings. The summed E-state index contributed by atoms with van der Waals surface area (Å²) in [6, 6.07) is 32.3. The number of benzene rings is 3. The van der Waals surface area contributed by atoms with Gasteiger partial charge in [-0.2, -0.15) is 8.42 Å². The molecule has 0 unspecified atom stereocenters. The summed E-state index contributed by atoms with van der Waals surface area (Å²) in [6.45, 7) is 7.94. The fourth-order valence-corrected chi connectivity index (χ4v) is 7.30. The third kappa shape index (κ3) is 43.5. The molecule has 3 N–H and O–H groups in total. The number of aliphatic hydroxyl groups is 1. The Morgan fingerprint density at radius 1 is 0.603 bits per heavy atom. The zero-order valence-corrected chi connectivity index (χ0v) is 60.5. The average molecular weight is 1440 g/mol. The second kappa shape index (κ2) is 52.6. The Morgan fingerprint density at radius 3 is 1.14 bits per heavy atom. The van der Waals surface area contributed by atoms with Crippen molar-refractivity contribution in [3.8, 4) is 0 Å². The molecule has 0 amide bonds. The summed E-state index contributed by atoms with van der Waals surface area (Å²) in [5, 5.41) is 16.1. The van der Waals surface area contributed by atoms with Crippen molar-refractivity contribution in [2.75, 3.05) is 12.5 Å². The van der Waals surface area contributed by atoms with Crippen molar-refractivity contribution in [2.24, 2.45) is 10.8 Å². The Balaban J connectivity index is -0.000000275. The van der Waals surface area contributed by atoms with Crippen LogP contribution < -0.4 is 74.1 Å². The summed E-state index contributed by atoms with van der Waals surface area (Å²) in [6.07, 6.45) is 19.0. The van der Waals surface area contributed by atoms with E-state index in [9.17, 15) is 16.8 Å². The molecule has 0 fully saturated rings. The Kier molecular flexibility index (Phi) is 57.7. The van der Waals surface area contributed by atoms with Gasteiger partial charge in [-0.25, -0.2) is 8.42 Å². The Bertz CT molecular complexity index is 2720. The number of hydrogen-bond acceptors (Lipinski definition) is 16. The maximum atomic E-state index is 10.6. The van der Waals surface area contributed by atoms with Gasteiger partial charge in [-0.15, -0.1) is 16.7 Å². The quantitative estimate of drug-likeness (QED) is 0.0200. The second-order valence-corrected chi connectivity index (χ2v) is 20.4. The van der Waals surface area contributed by atoms with Gasteiger partial charge >= 0.3 is 29.6 Å². The SMILES string of the molecule is CS(=O)(=O)Cl.C[B]c1n[c-]c(CN)cn1.C[B]c1n[c-]c(CN=[N+]=[N-])cn1.C[B]c1n[c-]c(CO)cn1.C[B]c1n[c-]c(COS(C)(=O)=O)cn1.[N-]=[N+]=[N-].[Na+].[Y].[Y].[Y].[Y].c1ccc(P(c2ccccc2)c2ccccc2)cc1. The van der Waals surface area contributed by atoms with Crippen LogP contribution in [0.1, 0.15) is 22.3 Å². The Labute approximate surface area is 589 Å². The molecule has 7 aromatic rings. The molecule has 3 aromatic carbocycles. The number of rotatable bonds is 14. The van der Waals surface area contributed by atoms with Crippen molar-refractivity contribution in [1.82, 2.24) is 39.9 Å². The summed E-state index contributed by atoms with van der Waals surface area (Å²) in [4.78, 5) is 35.3. The van der Waals surface area contributed by atoms with Crippen molar-refractivity contribution in [3.63, 3.8) is 0 Å². The first-order valence-electron chi connectivity index (χ1n) is 21.1. The van der Waals surface area contributed by atoms with Crippen LogP contribution in [0.3, 0.4) is 0 Å².